The molecule has 0 aliphatic carbocycles. The molecule has 0 heterocycles. The molecule has 1 aromatic rings. The van der Waals surface area contributed by atoms with Crippen molar-refractivity contribution in [2.45, 2.75) is 24.0 Å². The van der Waals surface area contributed by atoms with Gasteiger partial charge in [-0.1, -0.05) is 29.3 Å². The van der Waals surface area contributed by atoms with Crippen LogP contribution in [0, 0.1) is 0 Å². The molecule has 0 aromatic heterocycles. The highest BCUT2D eigenvalue weighted by Gasteiger charge is 2.30. The molecule has 0 spiro atoms. The quantitative estimate of drug-likeness (QED) is 0.751. The van der Waals surface area contributed by atoms with Crippen LogP contribution in [0.1, 0.15) is 6.92 Å². The van der Waals surface area contributed by atoms with Crippen LogP contribution >= 0.6 is 23.2 Å². The summed E-state index contributed by atoms with van der Waals surface area (Å²) in [5.41, 5.74) is 0. The van der Waals surface area contributed by atoms with E-state index in [0.29, 0.717) is 0 Å². The van der Waals surface area contributed by atoms with E-state index in [-0.39, 0.29) is 14.9 Å². The van der Waals surface area contributed by atoms with Crippen molar-refractivity contribution in [3.63, 3.8) is 0 Å². The Morgan fingerprint density at radius 3 is 2.42 bits per heavy atom. The van der Waals surface area contributed by atoms with E-state index in [1.807, 2.05) is 4.72 Å². The highest BCUT2D eigenvalue weighted by atomic mass is 35.5. The topological polar surface area (TPSA) is 104 Å². The molecule has 0 saturated heterocycles. The second kappa shape index (κ2) is 6.06. The molecule has 0 aliphatic heterocycles. The fourth-order valence-electron chi connectivity index (χ4n) is 1.28. The Bertz CT molecular complexity index is 588. The second-order valence-corrected chi connectivity index (χ2v) is 6.20. The maximum Gasteiger partial charge on any atom is 0.324 e. The minimum absolute atomic E-state index is 0.0217. The number of hydrogen-bond donors (Lipinski definition) is 3. The highest BCUT2D eigenvalue weighted by molar-refractivity contribution is 7.89. The minimum Gasteiger partial charge on any atom is -0.480 e. The number of sulfonamides is 1. The molecule has 6 nitrogen and oxygen atoms in total. The van der Waals surface area contributed by atoms with Crippen LogP contribution in [0.3, 0.4) is 0 Å². The summed E-state index contributed by atoms with van der Waals surface area (Å²) >= 11 is 11.5. The molecule has 2 atom stereocenters. The Morgan fingerprint density at radius 2 is 1.95 bits per heavy atom. The summed E-state index contributed by atoms with van der Waals surface area (Å²) in [7, 11) is -4.21. The van der Waals surface area contributed by atoms with Crippen LogP contribution in [-0.2, 0) is 14.8 Å². The molecule has 0 amide bonds. The zero-order chi connectivity index (χ0) is 14.8. The first kappa shape index (κ1) is 16.2. The molecule has 0 aliphatic rings. The van der Waals surface area contributed by atoms with E-state index in [4.69, 9.17) is 28.3 Å². The van der Waals surface area contributed by atoms with Gasteiger partial charge in [0.15, 0.2) is 0 Å². The van der Waals surface area contributed by atoms with Gasteiger partial charge >= 0.3 is 5.97 Å². The van der Waals surface area contributed by atoms with E-state index in [1.165, 1.54) is 18.2 Å². The third-order valence-corrected chi connectivity index (χ3v) is 4.65. The number of rotatable bonds is 5. The van der Waals surface area contributed by atoms with Crippen molar-refractivity contribution in [2.75, 3.05) is 0 Å². The van der Waals surface area contributed by atoms with Crippen molar-refractivity contribution in [3.8, 4) is 0 Å². The Labute approximate surface area is 120 Å². The minimum atomic E-state index is -4.21. The molecule has 9 heteroatoms. The van der Waals surface area contributed by atoms with Crippen molar-refractivity contribution in [1.29, 1.82) is 0 Å². The van der Waals surface area contributed by atoms with Crippen LogP contribution in [0.25, 0.3) is 0 Å². The normalized spacial score (nSPS) is 14.9. The Balaban J connectivity index is 3.18. The van der Waals surface area contributed by atoms with E-state index in [9.17, 15) is 18.3 Å². The first-order valence-electron chi connectivity index (χ1n) is 5.04. The number of halogens is 2. The monoisotopic (exact) mass is 327 g/mol. The highest BCUT2D eigenvalue weighted by Crippen LogP contribution is 2.28. The van der Waals surface area contributed by atoms with Crippen LogP contribution in [0.15, 0.2) is 23.1 Å². The van der Waals surface area contributed by atoms with Gasteiger partial charge in [0.1, 0.15) is 10.9 Å². The van der Waals surface area contributed by atoms with Gasteiger partial charge in [0.05, 0.1) is 16.1 Å². The zero-order valence-electron chi connectivity index (χ0n) is 9.67. The van der Waals surface area contributed by atoms with Gasteiger partial charge in [0, 0.05) is 0 Å². The SMILES string of the molecule is CC(O)C(NS(=O)(=O)c1cccc(Cl)c1Cl)C(=O)O. The average molecular weight is 328 g/mol. The molecule has 106 valence electrons. The lowest BCUT2D eigenvalue weighted by molar-refractivity contribution is -0.141. The van der Waals surface area contributed by atoms with Gasteiger partial charge < -0.3 is 10.2 Å². The zero-order valence-corrected chi connectivity index (χ0v) is 12.0. The van der Waals surface area contributed by atoms with Crippen LogP contribution in [-0.4, -0.2) is 36.7 Å². The molecular weight excluding hydrogens is 317 g/mol. The standard InChI is InChI=1S/C10H11Cl2NO5S/c1-5(14)9(10(15)16)13-19(17,18)7-4-2-3-6(11)8(7)12/h2-5,9,13-14H,1H3,(H,15,16). The third-order valence-electron chi connectivity index (χ3n) is 2.24. The molecular formula is C10H11Cl2NO5S. The number of carboxylic acids is 1. The lowest BCUT2D eigenvalue weighted by Gasteiger charge is -2.17. The molecule has 0 bridgehead atoms. The van der Waals surface area contributed by atoms with Crippen molar-refractivity contribution < 1.29 is 23.4 Å². The Kier molecular flexibility index (Phi) is 5.17. The second-order valence-electron chi connectivity index (χ2n) is 3.73. The van der Waals surface area contributed by atoms with Crippen LogP contribution < -0.4 is 4.72 Å². The maximum absolute atomic E-state index is 12.0. The van der Waals surface area contributed by atoms with Gasteiger partial charge in [-0.15, -0.1) is 0 Å². The lowest BCUT2D eigenvalue weighted by Crippen LogP contribution is -2.47. The number of benzene rings is 1. The van der Waals surface area contributed by atoms with Gasteiger partial charge in [0.25, 0.3) is 0 Å². The van der Waals surface area contributed by atoms with Gasteiger partial charge in [0.2, 0.25) is 10.0 Å². The summed E-state index contributed by atoms with van der Waals surface area (Å²) in [6.45, 7) is 1.15. The molecule has 19 heavy (non-hydrogen) atoms. The first-order chi connectivity index (χ1) is 8.66. The fraction of sp³-hybridized carbons (Fsp3) is 0.300. The number of nitrogens with one attached hydrogen (secondary N) is 1. The summed E-state index contributed by atoms with van der Waals surface area (Å²) < 4.78 is 25.8. The predicted octanol–water partition coefficient (Wildman–Crippen LogP) is 1.11. The molecule has 2 unspecified atom stereocenters. The fourth-order valence-corrected chi connectivity index (χ4v) is 3.30. The smallest absolute Gasteiger partial charge is 0.324 e. The van der Waals surface area contributed by atoms with Gasteiger partial charge in [-0.25, -0.2) is 8.42 Å². The number of carbonyl (C=O) groups is 1. The Hall–Kier alpha value is -0.860. The van der Waals surface area contributed by atoms with Crippen LogP contribution in [0.5, 0.6) is 0 Å². The summed E-state index contributed by atoms with van der Waals surface area (Å²) in [6.07, 6.45) is -1.41. The maximum atomic E-state index is 12.0. The number of aliphatic hydroxyl groups excluding tert-OH is 1. The van der Waals surface area contributed by atoms with Crippen molar-refractivity contribution in [3.05, 3.63) is 28.2 Å². The van der Waals surface area contributed by atoms with Gasteiger partial charge in [-0.3, -0.25) is 4.79 Å². The average Bonchev–Trinajstić information content (AvgIpc) is 2.28. The summed E-state index contributed by atoms with van der Waals surface area (Å²) in [5, 5.41) is 17.9. The van der Waals surface area contributed by atoms with Crippen LogP contribution in [0.2, 0.25) is 10.0 Å². The van der Waals surface area contributed by atoms with Crippen molar-refractivity contribution >= 4 is 39.2 Å². The van der Waals surface area contributed by atoms with E-state index in [1.54, 1.807) is 0 Å². The van der Waals surface area contributed by atoms with Crippen molar-refractivity contribution in [2.24, 2.45) is 0 Å². The number of carboxylic acid groups (broad SMARTS) is 1. The number of hydrogen-bond acceptors (Lipinski definition) is 4. The van der Waals surface area contributed by atoms with E-state index in [0.717, 1.165) is 6.92 Å². The molecule has 0 radical (unpaired) electrons. The van der Waals surface area contributed by atoms with E-state index >= 15 is 0 Å². The summed E-state index contributed by atoms with van der Waals surface area (Å²) in [5.74, 6) is -1.50. The lowest BCUT2D eigenvalue weighted by atomic mass is 10.2. The predicted molar refractivity (Wildman–Crippen MR) is 69.9 cm³/mol. The van der Waals surface area contributed by atoms with Crippen molar-refractivity contribution in [1.82, 2.24) is 4.72 Å². The molecule has 0 saturated carbocycles. The summed E-state index contributed by atoms with van der Waals surface area (Å²) in [6, 6.07) is 2.25. The largest absolute Gasteiger partial charge is 0.480 e. The van der Waals surface area contributed by atoms with Crippen LogP contribution in [0.4, 0.5) is 0 Å². The first-order valence-corrected chi connectivity index (χ1v) is 7.28. The van der Waals surface area contributed by atoms with E-state index in [2.05, 4.69) is 0 Å². The number of aliphatic hydroxyl groups is 1. The molecule has 1 rings (SSSR count). The molecule has 1 aromatic carbocycles. The Morgan fingerprint density at radius 1 is 1.37 bits per heavy atom. The molecule has 0 fully saturated rings. The van der Waals surface area contributed by atoms with Gasteiger partial charge in [-0.05, 0) is 19.1 Å². The summed E-state index contributed by atoms with van der Waals surface area (Å²) in [4.78, 5) is 10.5. The number of aliphatic carboxylic acids is 1. The van der Waals surface area contributed by atoms with Gasteiger partial charge in [-0.2, -0.15) is 4.72 Å². The third kappa shape index (κ3) is 3.80. The molecule has 3 N–H and O–H groups in total. The van der Waals surface area contributed by atoms with E-state index < -0.39 is 28.1 Å².